The van der Waals surface area contributed by atoms with Crippen LogP contribution in [0.5, 0.6) is 5.75 Å². The minimum Gasteiger partial charge on any atom is -0.491 e. The molecule has 0 amide bonds. The first-order valence-corrected chi connectivity index (χ1v) is 12.1. The van der Waals surface area contributed by atoms with Gasteiger partial charge in [0.1, 0.15) is 12.4 Å². The number of carboxylic acid groups (broad SMARTS) is 1. The van der Waals surface area contributed by atoms with E-state index < -0.39 is 5.97 Å². The summed E-state index contributed by atoms with van der Waals surface area (Å²) in [5.74, 6) is 0.668. The highest BCUT2D eigenvalue weighted by Gasteiger charge is 2.19. The van der Waals surface area contributed by atoms with Crippen LogP contribution in [0.2, 0.25) is 0 Å². The Morgan fingerprint density at radius 1 is 1.06 bits per heavy atom. The molecular weight excluding hydrogens is 414 g/mol. The predicted octanol–water partition coefficient (Wildman–Crippen LogP) is 6.27. The quantitative estimate of drug-likeness (QED) is 0.322. The molecule has 0 aliphatic carbocycles. The number of carbonyl (C=O) groups is 1. The van der Waals surface area contributed by atoms with Crippen LogP contribution >= 0.6 is 0 Å². The van der Waals surface area contributed by atoms with E-state index in [9.17, 15) is 9.90 Å². The van der Waals surface area contributed by atoms with E-state index in [4.69, 9.17) is 9.47 Å². The third-order valence-corrected chi connectivity index (χ3v) is 6.19. The second-order valence-corrected chi connectivity index (χ2v) is 8.91. The highest BCUT2D eigenvalue weighted by molar-refractivity contribution is 5.93. The van der Waals surface area contributed by atoms with Gasteiger partial charge in [0.15, 0.2) is 0 Å². The number of rotatable bonds is 11. The molecule has 5 nitrogen and oxygen atoms in total. The van der Waals surface area contributed by atoms with Crippen LogP contribution in [0.15, 0.2) is 48.0 Å². The van der Waals surface area contributed by atoms with E-state index >= 15 is 0 Å². The van der Waals surface area contributed by atoms with Crippen molar-refractivity contribution in [2.75, 3.05) is 37.8 Å². The lowest BCUT2D eigenvalue weighted by molar-refractivity contribution is -0.132. The second kappa shape index (κ2) is 12.4. The molecule has 0 bridgehead atoms. The average molecular weight is 452 g/mol. The van der Waals surface area contributed by atoms with Gasteiger partial charge in [-0.25, -0.2) is 4.79 Å². The Morgan fingerprint density at radius 3 is 2.42 bits per heavy atom. The molecule has 0 saturated carbocycles. The summed E-state index contributed by atoms with van der Waals surface area (Å²) in [6, 6.07) is 14.4. The third-order valence-electron chi connectivity index (χ3n) is 6.19. The van der Waals surface area contributed by atoms with Gasteiger partial charge < -0.3 is 19.5 Å². The van der Waals surface area contributed by atoms with E-state index in [0.29, 0.717) is 18.8 Å². The Labute approximate surface area is 198 Å². The molecule has 0 aromatic heterocycles. The van der Waals surface area contributed by atoms with Crippen molar-refractivity contribution < 1.29 is 19.4 Å². The van der Waals surface area contributed by atoms with Crippen LogP contribution in [-0.2, 0) is 9.53 Å². The summed E-state index contributed by atoms with van der Waals surface area (Å²) >= 11 is 0. The topological polar surface area (TPSA) is 59.0 Å². The maximum Gasteiger partial charge on any atom is 0.331 e. The summed E-state index contributed by atoms with van der Waals surface area (Å²) in [6.45, 7) is 10.0. The zero-order valence-corrected chi connectivity index (χ0v) is 20.2. The molecule has 1 fully saturated rings. The Bertz CT molecular complexity index is 927. The zero-order chi connectivity index (χ0) is 23.6. The fraction of sp³-hybridized carbons (Fsp3) is 0.464. The lowest BCUT2D eigenvalue weighted by Gasteiger charge is -2.33. The Balaban J connectivity index is 1.74. The fourth-order valence-corrected chi connectivity index (χ4v) is 3.99. The highest BCUT2D eigenvalue weighted by atomic mass is 16.5. The number of hydrogen-bond acceptors (Lipinski definition) is 4. The van der Waals surface area contributed by atoms with Gasteiger partial charge in [-0.2, -0.15) is 0 Å². The normalized spacial score (nSPS) is 15.0. The van der Waals surface area contributed by atoms with Gasteiger partial charge >= 0.3 is 5.97 Å². The van der Waals surface area contributed by atoms with Crippen molar-refractivity contribution in [2.24, 2.45) is 5.92 Å². The molecule has 1 saturated heterocycles. The Kier molecular flexibility index (Phi) is 9.37. The molecule has 1 heterocycles. The molecule has 0 radical (unpaired) electrons. The number of ether oxygens (including phenoxy) is 2. The molecule has 178 valence electrons. The number of benzene rings is 2. The number of piperidine rings is 1. The molecule has 1 N–H and O–H groups in total. The average Bonchev–Trinajstić information content (AvgIpc) is 2.82. The fourth-order valence-electron chi connectivity index (χ4n) is 3.99. The van der Waals surface area contributed by atoms with Gasteiger partial charge in [-0.15, -0.1) is 0 Å². The van der Waals surface area contributed by atoms with E-state index in [2.05, 4.69) is 36.9 Å². The van der Waals surface area contributed by atoms with E-state index in [1.165, 1.54) is 0 Å². The highest BCUT2D eigenvalue weighted by Crippen LogP contribution is 2.32. The number of unbranched alkanes of at least 4 members (excludes halogenated alkanes) is 1. The molecule has 2 aromatic rings. The zero-order valence-electron chi connectivity index (χ0n) is 20.2. The van der Waals surface area contributed by atoms with Gasteiger partial charge in [0.05, 0.1) is 6.61 Å². The van der Waals surface area contributed by atoms with Crippen LogP contribution in [0, 0.1) is 5.92 Å². The summed E-state index contributed by atoms with van der Waals surface area (Å²) in [5, 5.41) is 9.42. The number of aliphatic carboxylic acids is 1. The first kappa shape index (κ1) is 24.8. The van der Waals surface area contributed by atoms with E-state index in [1.54, 1.807) is 13.0 Å². The van der Waals surface area contributed by atoms with Crippen LogP contribution in [0.25, 0.3) is 17.2 Å². The molecule has 2 aromatic carbocycles. The smallest absolute Gasteiger partial charge is 0.331 e. The maximum absolute atomic E-state index is 11.5. The van der Waals surface area contributed by atoms with Gasteiger partial charge in [0.25, 0.3) is 0 Å². The van der Waals surface area contributed by atoms with E-state index in [0.717, 1.165) is 79.4 Å². The van der Waals surface area contributed by atoms with Crippen LogP contribution < -0.4 is 9.64 Å². The monoisotopic (exact) mass is 451 g/mol. The standard InChI is InChI=1S/C28H37NO4/c1-4-5-16-32-17-18-33-26-9-6-23(7-10-26)24-8-11-27(29-14-12-21(2)13-15-29)25(20-24)19-22(3)28(30)31/h6-11,19-21H,4-5,12-18H2,1-3H3,(H,30,31). The van der Waals surface area contributed by atoms with Crippen molar-refractivity contribution in [3.05, 3.63) is 53.6 Å². The second-order valence-electron chi connectivity index (χ2n) is 8.91. The maximum atomic E-state index is 11.5. The van der Waals surface area contributed by atoms with Crippen LogP contribution in [-0.4, -0.2) is 44.0 Å². The van der Waals surface area contributed by atoms with Crippen LogP contribution in [0.4, 0.5) is 5.69 Å². The van der Waals surface area contributed by atoms with E-state index in [-0.39, 0.29) is 0 Å². The molecule has 1 aliphatic heterocycles. The summed E-state index contributed by atoms with van der Waals surface area (Å²) in [4.78, 5) is 13.9. The van der Waals surface area contributed by atoms with Crippen molar-refractivity contribution in [1.29, 1.82) is 0 Å². The van der Waals surface area contributed by atoms with Crippen molar-refractivity contribution >= 4 is 17.7 Å². The first-order valence-electron chi connectivity index (χ1n) is 12.1. The number of hydrogen-bond donors (Lipinski definition) is 1. The lowest BCUT2D eigenvalue weighted by atomic mass is 9.96. The Hall–Kier alpha value is -2.79. The largest absolute Gasteiger partial charge is 0.491 e. The van der Waals surface area contributed by atoms with Crippen LogP contribution in [0.3, 0.4) is 0 Å². The van der Waals surface area contributed by atoms with Crippen LogP contribution in [0.1, 0.15) is 52.0 Å². The van der Waals surface area contributed by atoms with Gasteiger partial charge in [0.2, 0.25) is 0 Å². The van der Waals surface area contributed by atoms with Gasteiger partial charge in [-0.05, 0) is 79.1 Å². The van der Waals surface area contributed by atoms with Gasteiger partial charge in [-0.1, -0.05) is 38.5 Å². The SMILES string of the molecule is CCCCOCCOc1ccc(-c2ccc(N3CCC(C)CC3)c(C=C(C)C(=O)O)c2)cc1. The number of carboxylic acids is 1. The molecule has 0 atom stereocenters. The number of nitrogens with zero attached hydrogens (tertiary/aromatic N) is 1. The molecule has 0 unspecified atom stereocenters. The molecule has 1 aliphatic rings. The van der Waals surface area contributed by atoms with Crippen molar-refractivity contribution in [1.82, 2.24) is 0 Å². The van der Waals surface area contributed by atoms with Gasteiger partial charge in [-0.3, -0.25) is 0 Å². The summed E-state index contributed by atoms with van der Waals surface area (Å²) in [5.41, 5.74) is 4.52. The Morgan fingerprint density at radius 2 is 1.76 bits per heavy atom. The van der Waals surface area contributed by atoms with Crippen molar-refractivity contribution in [3.63, 3.8) is 0 Å². The van der Waals surface area contributed by atoms with Gasteiger partial charge in [0, 0.05) is 31.0 Å². The molecule has 0 spiro atoms. The van der Waals surface area contributed by atoms with E-state index in [1.807, 2.05) is 24.3 Å². The summed E-state index contributed by atoms with van der Waals surface area (Å²) in [7, 11) is 0. The summed E-state index contributed by atoms with van der Waals surface area (Å²) < 4.78 is 11.3. The minimum absolute atomic E-state index is 0.337. The first-order chi connectivity index (χ1) is 16.0. The summed E-state index contributed by atoms with van der Waals surface area (Å²) in [6.07, 6.45) is 6.32. The molecular formula is C28H37NO4. The predicted molar refractivity (Wildman–Crippen MR) is 135 cm³/mol. The lowest BCUT2D eigenvalue weighted by Crippen LogP contribution is -2.33. The molecule has 33 heavy (non-hydrogen) atoms. The third kappa shape index (κ3) is 7.36. The number of anilines is 1. The van der Waals surface area contributed by atoms with Crippen molar-refractivity contribution in [3.8, 4) is 16.9 Å². The van der Waals surface area contributed by atoms with Crippen molar-refractivity contribution in [2.45, 2.75) is 46.5 Å². The minimum atomic E-state index is -0.890. The molecule has 3 rings (SSSR count). The molecule has 5 heteroatoms.